The first-order chi connectivity index (χ1) is 26.4. The smallest absolute Gasteiger partial charge is 0.253 e. The maximum absolute atomic E-state index is 13.2. The number of carbonyl (C=O) groups is 2. The molecule has 0 unspecified atom stereocenters. The van der Waals surface area contributed by atoms with Crippen LogP contribution in [-0.4, -0.2) is 97.9 Å². The molecule has 0 fully saturated rings. The lowest BCUT2D eigenvalue weighted by molar-refractivity contribution is 0.0767. The molecule has 0 aromatic heterocycles. The van der Waals surface area contributed by atoms with Gasteiger partial charge in [-0.05, 0) is 63.3 Å². The molecule has 6 heteroatoms. The largest absolute Gasteiger partial charge is 0.340 e. The molecule has 0 N–H and O–H groups in total. The minimum absolute atomic E-state index is 0.0196. The third-order valence-corrected chi connectivity index (χ3v) is 11.6. The molecule has 0 saturated carbocycles. The van der Waals surface area contributed by atoms with E-state index >= 15 is 0 Å². The third-order valence-electron chi connectivity index (χ3n) is 11.6. The van der Waals surface area contributed by atoms with Crippen LogP contribution < -0.4 is 0 Å². The Labute approximate surface area is 336 Å². The molecule has 54 heavy (non-hydrogen) atoms. The summed E-state index contributed by atoms with van der Waals surface area (Å²) in [4.78, 5) is 35.0. The summed E-state index contributed by atoms with van der Waals surface area (Å²) in [6, 6.07) is 7.27. The number of amides is 2. The Kier molecular flexibility index (Phi) is 32.9. The quantitative estimate of drug-likeness (QED) is 0.0631. The van der Waals surface area contributed by atoms with E-state index in [1.54, 1.807) is 0 Å². The van der Waals surface area contributed by atoms with Crippen LogP contribution in [0.1, 0.15) is 215 Å². The Morgan fingerprint density at radius 3 is 0.833 bits per heavy atom. The van der Waals surface area contributed by atoms with Crippen LogP contribution in [0.5, 0.6) is 0 Å². The first kappa shape index (κ1) is 50.1. The number of hydrogen-bond acceptors (Lipinski definition) is 4. The number of likely N-dealkylation sites (N-methyl/N-ethyl adjacent to an activating group) is 4. The van der Waals surface area contributed by atoms with E-state index in [9.17, 15) is 9.59 Å². The van der Waals surface area contributed by atoms with Gasteiger partial charge in [0.2, 0.25) is 0 Å². The molecule has 6 nitrogen and oxygen atoms in total. The van der Waals surface area contributed by atoms with Gasteiger partial charge in [-0.2, -0.15) is 0 Å². The van der Waals surface area contributed by atoms with Crippen molar-refractivity contribution in [2.24, 2.45) is 0 Å². The lowest BCUT2D eigenvalue weighted by atomic mass is 10.0. The molecule has 1 aromatic carbocycles. The molecule has 0 bridgehead atoms. The van der Waals surface area contributed by atoms with Gasteiger partial charge in [-0.1, -0.05) is 182 Å². The Bertz CT molecular complexity index is 920. The standard InChI is InChI=1S/C48H90N4O2/c1-7-11-13-15-17-19-21-23-25-27-29-31-33-39-51(9-3)43-41-49(5)47(53)45-35-37-46(38-36-45)48(54)50(6)42-44-52(10-4)40-34-32-30-28-26-24-22-20-18-16-14-12-8-2/h35-38H,7-34,39-44H2,1-6H3. The average molecular weight is 755 g/mol. The monoisotopic (exact) mass is 755 g/mol. The fourth-order valence-electron chi connectivity index (χ4n) is 7.54. The van der Waals surface area contributed by atoms with Gasteiger partial charge in [-0.15, -0.1) is 0 Å². The van der Waals surface area contributed by atoms with E-state index in [-0.39, 0.29) is 11.8 Å². The minimum atomic E-state index is 0.0196. The number of hydrogen-bond donors (Lipinski definition) is 0. The van der Waals surface area contributed by atoms with Crippen LogP contribution in [0.15, 0.2) is 24.3 Å². The third kappa shape index (κ3) is 26.0. The second kappa shape index (κ2) is 35.5. The van der Waals surface area contributed by atoms with E-state index in [1.807, 2.05) is 48.2 Å². The van der Waals surface area contributed by atoms with Gasteiger partial charge in [-0.25, -0.2) is 0 Å². The highest BCUT2D eigenvalue weighted by Crippen LogP contribution is 2.15. The van der Waals surface area contributed by atoms with Crippen molar-refractivity contribution in [3.05, 3.63) is 35.4 Å². The van der Waals surface area contributed by atoms with Crippen LogP contribution in [0.4, 0.5) is 0 Å². The fourth-order valence-corrected chi connectivity index (χ4v) is 7.54. The number of nitrogens with zero attached hydrogens (tertiary/aromatic N) is 4. The van der Waals surface area contributed by atoms with Crippen molar-refractivity contribution >= 4 is 11.8 Å². The summed E-state index contributed by atoms with van der Waals surface area (Å²) in [7, 11) is 3.79. The summed E-state index contributed by atoms with van der Waals surface area (Å²) in [5.41, 5.74) is 1.29. The number of rotatable bonds is 38. The highest BCUT2D eigenvalue weighted by molar-refractivity contribution is 5.97. The Morgan fingerprint density at radius 1 is 0.352 bits per heavy atom. The fraction of sp³-hybridized carbons (Fsp3) is 0.833. The molecular formula is C48H90N4O2. The number of unbranched alkanes of at least 4 members (excludes halogenated alkanes) is 24. The molecule has 0 atom stereocenters. The van der Waals surface area contributed by atoms with Crippen LogP contribution in [0.25, 0.3) is 0 Å². The predicted octanol–water partition coefficient (Wildman–Crippen LogP) is 12.7. The van der Waals surface area contributed by atoms with Crippen LogP contribution >= 0.6 is 0 Å². The van der Waals surface area contributed by atoms with E-state index in [1.165, 1.54) is 167 Å². The number of benzene rings is 1. The van der Waals surface area contributed by atoms with Crippen LogP contribution in [0.2, 0.25) is 0 Å². The minimum Gasteiger partial charge on any atom is -0.340 e. The van der Waals surface area contributed by atoms with Crippen molar-refractivity contribution in [3.8, 4) is 0 Å². The van der Waals surface area contributed by atoms with Gasteiger partial charge in [0.05, 0.1) is 0 Å². The normalized spacial score (nSPS) is 11.6. The van der Waals surface area contributed by atoms with Crippen molar-refractivity contribution in [3.63, 3.8) is 0 Å². The van der Waals surface area contributed by atoms with Crippen LogP contribution in [0.3, 0.4) is 0 Å². The predicted molar refractivity (Wildman–Crippen MR) is 236 cm³/mol. The van der Waals surface area contributed by atoms with Crippen LogP contribution in [-0.2, 0) is 0 Å². The molecule has 0 radical (unpaired) electrons. The van der Waals surface area contributed by atoms with Crippen molar-refractivity contribution in [2.75, 3.05) is 66.5 Å². The lowest BCUT2D eigenvalue weighted by Gasteiger charge is -2.25. The zero-order valence-corrected chi connectivity index (χ0v) is 37.0. The zero-order valence-electron chi connectivity index (χ0n) is 37.0. The topological polar surface area (TPSA) is 47.1 Å². The Morgan fingerprint density at radius 2 is 0.593 bits per heavy atom. The second-order valence-corrected chi connectivity index (χ2v) is 16.4. The lowest BCUT2D eigenvalue weighted by Crippen LogP contribution is -2.37. The molecule has 2 amide bonds. The van der Waals surface area contributed by atoms with Crippen molar-refractivity contribution in [1.82, 2.24) is 19.6 Å². The summed E-state index contributed by atoms with van der Waals surface area (Å²) in [5, 5.41) is 0. The van der Waals surface area contributed by atoms with E-state index in [0.29, 0.717) is 24.2 Å². The summed E-state index contributed by atoms with van der Waals surface area (Å²) >= 11 is 0. The van der Waals surface area contributed by atoms with Crippen molar-refractivity contribution in [1.29, 1.82) is 0 Å². The summed E-state index contributed by atoms with van der Waals surface area (Å²) in [5.74, 6) is 0.0391. The van der Waals surface area contributed by atoms with Crippen molar-refractivity contribution in [2.45, 2.75) is 195 Å². The Balaban J connectivity index is 2.23. The van der Waals surface area contributed by atoms with E-state index in [0.717, 1.165) is 39.3 Å². The molecule has 0 aliphatic heterocycles. The molecule has 0 heterocycles. The second-order valence-electron chi connectivity index (χ2n) is 16.4. The van der Waals surface area contributed by atoms with Gasteiger partial charge in [-0.3, -0.25) is 9.59 Å². The molecule has 1 rings (SSSR count). The summed E-state index contributed by atoms with van der Waals surface area (Å²) in [6.45, 7) is 16.5. The van der Waals surface area contributed by atoms with Crippen LogP contribution in [0, 0.1) is 0 Å². The molecule has 0 aliphatic carbocycles. The van der Waals surface area contributed by atoms with Gasteiger partial charge in [0, 0.05) is 51.4 Å². The first-order valence-electron chi connectivity index (χ1n) is 23.4. The Hall–Kier alpha value is -1.92. The highest BCUT2D eigenvalue weighted by Gasteiger charge is 2.16. The van der Waals surface area contributed by atoms with Gasteiger partial charge in [0.15, 0.2) is 0 Å². The summed E-state index contributed by atoms with van der Waals surface area (Å²) < 4.78 is 0. The molecule has 314 valence electrons. The van der Waals surface area contributed by atoms with Gasteiger partial charge in [0.25, 0.3) is 11.8 Å². The molecule has 0 aliphatic rings. The average Bonchev–Trinajstić information content (AvgIpc) is 3.19. The van der Waals surface area contributed by atoms with E-state index < -0.39 is 0 Å². The maximum atomic E-state index is 13.2. The number of carbonyl (C=O) groups excluding carboxylic acids is 2. The molecule has 0 saturated heterocycles. The van der Waals surface area contributed by atoms with Gasteiger partial charge < -0.3 is 19.6 Å². The van der Waals surface area contributed by atoms with E-state index in [2.05, 4.69) is 37.5 Å². The van der Waals surface area contributed by atoms with Gasteiger partial charge in [0.1, 0.15) is 0 Å². The maximum Gasteiger partial charge on any atom is 0.253 e. The first-order valence-corrected chi connectivity index (χ1v) is 23.4. The molecule has 1 aromatic rings. The summed E-state index contributed by atoms with van der Waals surface area (Å²) in [6.07, 6.45) is 35.8. The highest BCUT2D eigenvalue weighted by atomic mass is 16.2. The van der Waals surface area contributed by atoms with Gasteiger partial charge >= 0.3 is 0 Å². The molecule has 0 spiro atoms. The molecular weight excluding hydrogens is 665 g/mol. The SMILES string of the molecule is CCCCCCCCCCCCCCCN(CC)CCN(C)C(=O)c1ccc(C(=O)N(C)CCN(CC)CCCCCCCCCCCCCCC)cc1. The zero-order chi connectivity index (χ0) is 39.5. The van der Waals surface area contributed by atoms with E-state index in [4.69, 9.17) is 0 Å². The van der Waals surface area contributed by atoms with Crippen molar-refractivity contribution < 1.29 is 9.59 Å².